The summed E-state index contributed by atoms with van der Waals surface area (Å²) in [5.41, 5.74) is 2.50. The van der Waals surface area contributed by atoms with E-state index in [9.17, 15) is 5.11 Å². The first kappa shape index (κ1) is 17.9. The molecule has 5 nitrogen and oxygen atoms in total. The summed E-state index contributed by atoms with van der Waals surface area (Å²) in [4.78, 5) is 13.8. The summed E-state index contributed by atoms with van der Waals surface area (Å²) < 4.78 is 0. The second-order valence-electron chi connectivity index (χ2n) is 7.00. The van der Waals surface area contributed by atoms with E-state index >= 15 is 0 Å². The monoisotopic (exact) mass is 380 g/mol. The number of fused-ring (bicyclic) bond motifs is 1. The van der Waals surface area contributed by atoms with Gasteiger partial charge in [0.05, 0.1) is 0 Å². The van der Waals surface area contributed by atoms with Crippen LogP contribution >= 0.6 is 11.6 Å². The van der Waals surface area contributed by atoms with Crippen molar-refractivity contribution in [2.75, 3.05) is 11.9 Å². The summed E-state index contributed by atoms with van der Waals surface area (Å²) in [5.74, 6) is 1.38. The van der Waals surface area contributed by atoms with E-state index in [0.717, 1.165) is 42.0 Å². The lowest BCUT2D eigenvalue weighted by atomic mass is 9.96. The van der Waals surface area contributed by atoms with Crippen LogP contribution in [0.3, 0.4) is 0 Å². The average Bonchev–Trinajstić information content (AvgIpc) is 3.16. The molecule has 0 spiro atoms. The minimum atomic E-state index is -1.13. The van der Waals surface area contributed by atoms with E-state index in [1.807, 2.05) is 36.4 Å². The quantitative estimate of drug-likeness (QED) is 0.700. The fourth-order valence-corrected chi connectivity index (χ4v) is 3.78. The van der Waals surface area contributed by atoms with Crippen LogP contribution in [0.1, 0.15) is 30.2 Å². The highest BCUT2D eigenvalue weighted by Crippen LogP contribution is 2.31. The standard InChI is InChI=1S/C21H21ClN4O/c1-21(27,15-8-2-3-9-16(15)22)13-24-19-14-7-6-11-17(14)25-20(26-19)18-10-4-5-12-23-18/h2-5,8-10,12,27H,6-7,11,13H2,1H3,(H,24,25,26). The van der Waals surface area contributed by atoms with Gasteiger partial charge in [0.2, 0.25) is 0 Å². The van der Waals surface area contributed by atoms with E-state index in [-0.39, 0.29) is 0 Å². The number of halogens is 1. The molecule has 2 aromatic heterocycles. The van der Waals surface area contributed by atoms with Crippen molar-refractivity contribution in [3.05, 3.63) is 70.5 Å². The topological polar surface area (TPSA) is 70.9 Å². The van der Waals surface area contributed by atoms with Crippen LogP contribution in [0.2, 0.25) is 5.02 Å². The van der Waals surface area contributed by atoms with Gasteiger partial charge in [-0.15, -0.1) is 0 Å². The van der Waals surface area contributed by atoms with Crippen LogP contribution < -0.4 is 5.32 Å². The van der Waals surface area contributed by atoms with E-state index in [2.05, 4.69) is 10.3 Å². The molecule has 4 rings (SSSR count). The van der Waals surface area contributed by atoms with Crippen LogP contribution in [0.5, 0.6) is 0 Å². The van der Waals surface area contributed by atoms with Crippen LogP contribution in [0.25, 0.3) is 11.5 Å². The minimum absolute atomic E-state index is 0.293. The molecular weight excluding hydrogens is 360 g/mol. The smallest absolute Gasteiger partial charge is 0.180 e. The van der Waals surface area contributed by atoms with Crippen molar-refractivity contribution in [1.29, 1.82) is 0 Å². The molecular formula is C21H21ClN4O. The second-order valence-corrected chi connectivity index (χ2v) is 7.40. The summed E-state index contributed by atoms with van der Waals surface area (Å²) in [7, 11) is 0. The molecule has 3 aromatic rings. The molecule has 27 heavy (non-hydrogen) atoms. The Labute approximate surface area is 163 Å². The molecule has 2 heterocycles. The van der Waals surface area contributed by atoms with Gasteiger partial charge in [0, 0.05) is 34.6 Å². The van der Waals surface area contributed by atoms with Gasteiger partial charge in [0.15, 0.2) is 5.82 Å². The lowest BCUT2D eigenvalue weighted by Crippen LogP contribution is -2.31. The van der Waals surface area contributed by atoms with Crippen molar-refractivity contribution in [2.24, 2.45) is 0 Å². The minimum Gasteiger partial charge on any atom is -0.384 e. The Morgan fingerprint density at radius 1 is 1.11 bits per heavy atom. The SMILES string of the molecule is CC(O)(CNc1nc(-c2ccccn2)nc2c1CCC2)c1ccccc1Cl. The van der Waals surface area contributed by atoms with Gasteiger partial charge >= 0.3 is 0 Å². The summed E-state index contributed by atoms with van der Waals surface area (Å²) >= 11 is 6.27. The Kier molecular flexibility index (Phi) is 4.81. The number of anilines is 1. The number of hydrogen-bond acceptors (Lipinski definition) is 5. The number of aliphatic hydroxyl groups is 1. The molecule has 2 N–H and O–H groups in total. The van der Waals surface area contributed by atoms with E-state index in [0.29, 0.717) is 23.0 Å². The number of rotatable bonds is 5. The van der Waals surface area contributed by atoms with Crippen LogP contribution in [0.15, 0.2) is 48.7 Å². The Morgan fingerprint density at radius 3 is 2.70 bits per heavy atom. The van der Waals surface area contributed by atoms with Crippen LogP contribution in [-0.2, 0) is 18.4 Å². The predicted molar refractivity (Wildman–Crippen MR) is 107 cm³/mol. The third-order valence-electron chi connectivity index (χ3n) is 4.88. The highest BCUT2D eigenvalue weighted by Gasteiger charge is 2.27. The Morgan fingerprint density at radius 2 is 1.93 bits per heavy atom. The van der Waals surface area contributed by atoms with E-state index in [1.165, 1.54) is 0 Å². The number of aryl methyl sites for hydroxylation is 1. The molecule has 0 aliphatic heterocycles. The lowest BCUT2D eigenvalue weighted by molar-refractivity contribution is 0.0715. The molecule has 0 amide bonds. The molecule has 6 heteroatoms. The average molecular weight is 381 g/mol. The van der Waals surface area contributed by atoms with Crippen molar-refractivity contribution in [3.63, 3.8) is 0 Å². The summed E-state index contributed by atoms with van der Waals surface area (Å²) in [6.45, 7) is 2.05. The molecule has 1 unspecified atom stereocenters. The van der Waals surface area contributed by atoms with Crippen LogP contribution in [0, 0.1) is 0 Å². The lowest BCUT2D eigenvalue weighted by Gasteiger charge is -2.26. The highest BCUT2D eigenvalue weighted by molar-refractivity contribution is 6.31. The predicted octanol–water partition coefficient (Wildman–Crippen LogP) is 4.00. The largest absolute Gasteiger partial charge is 0.384 e. The van der Waals surface area contributed by atoms with Crippen LogP contribution in [0.4, 0.5) is 5.82 Å². The molecule has 0 fully saturated rings. The number of nitrogens with one attached hydrogen (secondary N) is 1. The number of aromatic nitrogens is 3. The number of pyridine rings is 1. The van der Waals surface area contributed by atoms with Gasteiger partial charge in [-0.25, -0.2) is 9.97 Å². The Hall–Kier alpha value is -2.50. The third kappa shape index (κ3) is 3.66. The molecule has 1 aromatic carbocycles. The molecule has 0 bridgehead atoms. The van der Waals surface area contributed by atoms with Crippen molar-refractivity contribution in [1.82, 2.24) is 15.0 Å². The fourth-order valence-electron chi connectivity index (χ4n) is 3.44. The molecule has 1 aliphatic rings. The summed E-state index contributed by atoms with van der Waals surface area (Å²) in [6, 6.07) is 13.1. The molecule has 0 radical (unpaired) electrons. The number of benzene rings is 1. The van der Waals surface area contributed by atoms with Crippen molar-refractivity contribution in [2.45, 2.75) is 31.8 Å². The normalized spacial score (nSPS) is 15.2. The maximum Gasteiger partial charge on any atom is 0.180 e. The van der Waals surface area contributed by atoms with Gasteiger partial charge in [-0.3, -0.25) is 4.98 Å². The van der Waals surface area contributed by atoms with Gasteiger partial charge in [0.25, 0.3) is 0 Å². The molecule has 0 saturated heterocycles. The summed E-state index contributed by atoms with van der Waals surface area (Å²) in [6.07, 6.45) is 4.67. The molecule has 138 valence electrons. The van der Waals surface area contributed by atoms with E-state index in [1.54, 1.807) is 19.2 Å². The zero-order valence-electron chi connectivity index (χ0n) is 15.1. The second kappa shape index (κ2) is 7.25. The van der Waals surface area contributed by atoms with Crippen LogP contribution in [-0.4, -0.2) is 26.6 Å². The van der Waals surface area contributed by atoms with Gasteiger partial charge in [-0.05, 0) is 44.4 Å². The van der Waals surface area contributed by atoms with Gasteiger partial charge in [-0.1, -0.05) is 35.9 Å². The maximum absolute atomic E-state index is 11.0. The zero-order valence-corrected chi connectivity index (χ0v) is 15.9. The van der Waals surface area contributed by atoms with E-state index in [4.69, 9.17) is 21.6 Å². The Balaban J connectivity index is 1.64. The number of nitrogens with zero attached hydrogens (tertiary/aromatic N) is 3. The molecule has 0 saturated carbocycles. The Bertz CT molecular complexity index is 960. The first-order valence-electron chi connectivity index (χ1n) is 9.07. The third-order valence-corrected chi connectivity index (χ3v) is 5.21. The maximum atomic E-state index is 11.0. The first-order valence-corrected chi connectivity index (χ1v) is 9.45. The van der Waals surface area contributed by atoms with Gasteiger partial charge in [0.1, 0.15) is 17.1 Å². The van der Waals surface area contributed by atoms with Crippen molar-refractivity contribution < 1.29 is 5.11 Å². The molecule has 1 aliphatic carbocycles. The highest BCUT2D eigenvalue weighted by atomic mass is 35.5. The fraction of sp³-hybridized carbons (Fsp3) is 0.286. The van der Waals surface area contributed by atoms with Gasteiger partial charge in [-0.2, -0.15) is 0 Å². The van der Waals surface area contributed by atoms with Gasteiger partial charge < -0.3 is 10.4 Å². The zero-order chi connectivity index (χ0) is 18.9. The number of hydrogen-bond donors (Lipinski definition) is 2. The first-order chi connectivity index (χ1) is 13.0. The summed E-state index contributed by atoms with van der Waals surface area (Å²) in [5, 5.41) is 14.8. The van der Waals surface area contributed by atoms with Crippen molar-refractivity contribution >= 4 is 17.4 Å². The van der Waals surface area contributed by atoms with Crippen molar-refractivity contribution in [3.8, 4) is 11.5 Å². The molecule has 1 atom stereocenters. The van der Waals surface area contributed by atoms with E-state index < -0.39 is 5.60 Å².